The molecule has 1 N–H and O–H groups in total. The number of nitrogens with one attached hydrogen (secondary N) is 1. The Morgan fingerprint density at radius 3 is 2.82 bits per heavy atom. The molecule has 2 heterocycles. The Morgan fingerprint density at radius 2 is 2.11 bits per heavy atom. The maximum absolute atomic E-state index is 12.0. The largest absolute Gasteiger partial charge is 0.488 e. The zero-order chi connectivity index (χ0) is 19.9. The van der Waals surface area contributed by atoms with Crippen LogP contribution in [0, 0.1) is 0 Å². The van der Waals surface area contributed by atoms with Gasteiger partial charge in [-0.05, 0) is 63.3 Å². The van der Waals surface area contributed by atoms with Gasteiger partial charge >= 0.3 is 0 Å². The fourth-order valence-corrected chi connectivity index (χ4v) is 3.77. The van der Waals surface area contributed by atoms with Crippen LogP contribution in [0.2, 0.25) is 0 Å². The zero-order valence-corrected chi connectivity index (χ0v) is 17.4. The normalized spacial score (nSPS) is 15.9. The van der Waals surface area contributed by atoms with Gasteiger partial charge in [-0.15, -0.1) is 0 Å². The first-order chi connectivity index (χ1) is 13.5. The highest BCUT2D eigenvalue weighted by Crippen LogP contribution is 2.29. The molecule has 3 rings (SSSR count). The number of nitrogens with zero attached hydrogens (tertiary/aromatic N) is 2. The predicted octanol–water partition coefficient (Wildman–Crippen LogP) is 3.95. The summed E-state index contributed by atoms with van der Waals surface area (Å²) in [6, 6.07) is 8.69. The van der Waals surface area contributed by atoms with Crippen molar-refractivity contribution in [3.05, 3.63) is 36.0 Å². The molecule has 1 fully saturated rings. The van der Waals surface area contributed by atoms with Crippen LogP contribution in [0.4, 0.5) is 0 Å². The van der Waals surface area contributed by atoms with Crippen molar-refractivity contribution in [2.24, 2.45) is 0 Å². The lowest BCUT2D eigenvalue weighted by atomic mass is 10.0. The number of fused-ring (bicyclic) bond motifs is 1. The highest BCUT2D eigenvalue weighted by Gasteiger charge is 2.23. The summed E-state index contributed by atoms with van der Waals surface area (Å²) in [5.74, 6) is 1.01. The first-order valence-electron chi connectivity index (χ1n) is 10.6. The van der Waals surface area contributed by atoms with E-state index in [9.17, 15) is 4.79 Å². The molecule has 2 aromatic rings. The lowest BCUT2D eigenvalue weighted by molar-refractivity contribution is -0.123. The van der Waals surface area contributed by atoms with Crippen molar-refractivity contribution < 1.29 is 9.53 Å². The van der Waals surface area contributed by atoms with Crippen LogP contribution in [0.25, 0.3) is 10.9 Å². The number of ether oxygens (including phenoxy) is 1. The lowest BCUT2D eigenvalue weighted by Gasteiger charge is -2.32. The summed E-state index contributed by atoms with van der Waals surface area (Å²) in [6.45, 7) is 8.45. The van der Waals surface area contributed by atoms with Crippen LogP contribution in [-0.2, 0) is 11.2 Å². The third kappa shape index (κ3) is 5.68. The molecule has 0 bridgehead atoms. The molecule has 0 radical (unpaired) electrons. The number of rotatable bonds is 8. The Morgan fingerprint density at radius 1 is 1.32 bits per heavy atom. The summed E-state index contributed by atoms with van der Waals surface area (Å²) < 4.78 is 6.42. The van der Waals surface area contributed by atoms with Crippen LogP contribution >= 0.6 is 0 Å². The van der Waals surface area contributed by atoms with Crippen LogP contribution in [-0.4, -0.2) is 47.6 Å². The summed E-state index contributed by atoms with van der Waals surface area (Å²) >= 11 is 0. The van der Waals surface area contributed by atoms with Crippen molar-refractivity contribution in [2.45, 2.75) is 65.0 Å². The summed E-state index contributed by atoms with van der Waals surface area (Å²) in [5.41, 5.74) is 2.27. The summed E-state index contributed by atoms with van der Waals surface area (Å²) in [6.07, 6.45) is 7.31. The number of carbonyl (C=O) groups is 1. The number of hydrogen-bond acceptors (Lipinski definition) is 4. The third-order valence-corrected chi connectivity index (χ3v) is 5.19. The first-order valence-corrected chi connectivity index (χ1v) is 10.6. The molecule has 0 unspecified atom stereocenters. The Kier molecular flexibility index (Phi) is 7.26. The SMILES string of the molecule is CCCCc1cc(OC2CCN(CC(=O)NC(C)C)CC2)c2ncccc2c1. The molecule has 1 amide bonds. The quantitative estimate of drug-likeness (QED) is 0.750. The average molecular weight is 384 g/mol. The molecule has 0 spiro atoms. The van der Waals surface area contributed by atoms with Gasteiger partial charge in [-0.1, -0.05) is 19.4 Å². The molecule has 1 saturated heterocycles. The number of hydrogen-bond donors (Lipinski definition) is 1. The van der Waals surface area contributed by atoms with Gasteiger partial charge in [0.25, 0.3) is 0 Å². The van der Waals surface area contributed by atoms with Crippen molar-refractivity contribution >= 4 is 16.8 Å². The van der Waals surface area contributed by atoms with E-state index in [0.29, 0.717) is 6.54 Å². The van der Waals surface area contributed by atoms with E-state index in [4.69, 9.17) is 4.74 Å². The van der Waals surface area contributed by atoms with Crippen molar-refractivity contribution in [1.82, 2.24) is 15.2 Å². The molecule has 152 valence electrons. The molecular formula is C23H33N3O2. The van der Waals surface area contributed by atoms with E-state index in [1.165, 1.54) is 18.4 Å². The number of benzene rings is 1. The summed E-state index contributed by atoms with van der Waals surface area (Å²) in [4.78, 5) is 18.7. The van der Waals surface area contributed by atoms with E-state index in [2.05, 4.69) is 40.3 Å². The van der Waals surface area contributed by atoms with Crippen molar-refractivity contribution in [3.8, 4) is 5.75 Å². The molecule has 5 heteroatoms. The van der Waals surface area contributed by atoms with Crippen LogP contribution in [0.5, 0.6) is 5.75 Å². The topological polar surface area (TPSA) is 54.5 Å². The zero-order valence-electron chi connectivity index (χ0n) is 17.4. The fourth-order valence-electron chi connectivity index (χ4n) is 3.77. The van der Waals surface area contributed by atoms with E-state index in [0.717, 1.165) is 49.0 Å². The monoisotopic (exact) mass is 383 g/mol. The molecule has 1 aromatic carbocycles. The van der Waals surface area contributed by atoms with Gasteiger partial charge in [0.15, 0.2) is 0 Å². The van der Waals surface area contributed by atoms with Gasteiger partial charge in [0.2, 0.25) is 5.91 Å². The highest BCUT2D eigenvalue weighted by molar-refractivity contribution is 5.85. The van der Waals surface area contributed by atoms with Crippen LogP contribution < -0.4 is 10.1 Å². The smallest absolute Gasteiger partial charge is 0.234 e. The maximum Gasteiger partial charge on any atom is 0.234 e. The van der Waals surface area contributed by atoms with Gasteiger partial charge in [-0.3, -0.25) is 14.7 Å². The number of unbranched alkanes of at least 4 members (excludes halogenated alkanes) is 1. The van der Waals surface area contributed by atoms with Gasteiger partial charge in [-0.25, -0.2) is 0 Å². The standard InChI is InChI=1S/C23H33N3O2/c1-4-5-7-18-14-19-8-6-11-24-23(19)21(15-18)28-20-9-12-26(13-10-20)16-22(27)25-17(2)3/h6,8,11,14-15,17,20H,4-5,7,9-10,12-13,16H2,1-3H3,(H,25,27). The molecule has 0 saturated carbocycles. The van der Waals surface area contributed by atoms with Gasteiger partial charge in [-0.2, -0.15) is 0 Å². The molecule has 1 aromatic heterocycles. The summed E-state index contributed by atoms with van der Waals surface area (Å²) in [7, 11) is 0. The second-order valence-corrected chi connectivity index (χ2v) is 8.09. The number of aromatic nitrogens is 1. The number of likely N-dealkylation sites (tertiary alicyclic amines) is 1. The van der Waals surface area contributed by atoms with Crippen molar-refractivity contribution in [3.63, 3.8) is 0 Å². The number of pyridine rings is 1. The molecule has 0 aliphatic carbocycles. The summed E-state index contributed by atoms with van der Waals surface area (Å²) in [5, 5.41) is 4.11. The molecule has 1 aliphatic rings. The molecule has 5 nitrogen and oxygen atoms in total. The molecule has 1 aliphatic heterocycles. The predicted molar refractivity (Wildman–Crippen MR) is 114 cm³/mol. The van der Waals surface area contributed by atoms with Gasteiger partial charge in [0.1, 0.15) is 17.4 Å². The Labute approximate surface area is 168 Å². The van der Waals surface area contributed by atoms with Crippen molar-refractivity contribution in [1.29, 1.82) is 0 Å². The molecule has 28 heavy (non-hydrogen) atoms. The van der Waals surface area contributed by atoms with E-state index in [1.807, 2.05) is 26.1 Å². The first kappa shape index (κ1) is 20.6. The number of carbonyl (C=O) groups excluding carboxylic acids is 1. The van der Waals surface area contributed by atoms with Gasteiger partial charge in [0.05, 0.1) is 6.54 Å². The third-order valence-electron chi connectivity index (χ3n) is 5.19. The Hall–Kier alpha value is -2.14. The van der Waals surface area contributed by atoms with Crippen LogP contribution in [0.1, 0.15) is 52.0 Å². The van der Waals surface area contributed by atoms with E-state index >= 15 is 0 Å². The molecular weight excluding hydrogens is 350 g/mol. The minimum atomic E-state index is 0.105. The Bertz CT molecular complexity index is 783. The van der Waals surface area contributed by atoms with E-state index < -0.39 is 0 Å². The number of aryl methyl sites for hydroxylation is 1. The minimum Gasteiger partial charge on any atom is -0.488 e. The second-order valence-electron chi connectivity index (χ2n) is 8.09. The van der Waals surface area contributed by atoms with Gasteiger partial charge in [0, 0.05) is 30.7 Å². The van der Waals surface area contributed by atoms with E-state index in [-0.39, 0.29) is 18.1 Å². The van der Waals surface area contributed by atoms with Crippen LogP contribution in [0.3, 0.4) is 0 Å². The Balaban J connectivity index is 1.62. The van der Waals surface area contributed by atoms with Crippen molar-refractivity contribution in [2.75, 3.05) is 19.6 Å². The highest BCUT2D eigenvalue weighted by atomic mass is 16.5. The minimum absolute atomic E-state index is 0.105. The van der Waals surface area contributed by atoms with E-state index in [1.54, 1.807) is 0 Å². The number of amides is 1. The van der Waals surface area contributed by atoms with Crippen LogP contribution in [0.15, 0.2) is 30.5 Å². The second kappa shape index (κ2) is 9.87. The average Bonchev–Trinajstić information content (AvgIpc) is 2.67. The fraction of sp³-hybridized carbons (Fsp3) is 0.565. The number of piperidine rings is 1. The molecule has 0 atom stereocenters. The lowest BCUT2D eigenvalue weighted by Crippen LogP contribution is -2.45. The maximum atomic E-state index is 12.0. The van der Waals surface area contributed by atoms with Gasteiger partial charge < -0.3 is 10.1 Å².